The first-order valence-corrected chi connectivity index (χ1v) is 8.21. The fourth-order valence-electron chi connectivity index (χ4n) is 2.93. The van der Waals surface area contributed by atoms with Gasteiger partial charge in [-0.2, -0.15) is 5.10 Å². The molecular formula is C18H15Cl2N2. The van der Waals surface area contributed by atoms with Gasteiger partial charge in [-0.25, -0.2) is 0 Å². The molecule has 0 spiro atoms. The third kappa shape index (κ3) is 2.51. The molecule has 22 heavy (non-hydrogen) atoms. The lowest BCUT2D eigenvalue weighted by Gasteiger charge is -2.08. The summed E-state index contributed by atoms with van der Waals surface area (Å²) in [5.74, 6) is 0.835. The number of aryl methyl sites for hydroxylation is 1. The Labute approximate surface area is 139 Å². The number of halogens is 2. The molecule has 2 aromatic carbocycles. The third-order valence-corrected chi connectivity index (χ3v) is 4.76. The van der Waals surface area contributed by atoms with Crippen molar-refractivity contribution < 1.29 is 0 Å². The Kier molecular flexibility index (Phi) is 3.39. The lowest BCUT2D eigenvalue weighted by Crippen LogP contribution is -1.90. The zero-order chi connectivity index (χ0) is 15.3. The molecule has 0 amide bonds. The highest BCUT2D eigenvalue weighted by Gasteiger charge is 2.23. The van der Waals surface area contributed by atoms with Crippen molar-refractivity contribution in [2.75, 3.05) is 0 Å². The SMILES string of the molecule is Cn1[c]c2c(CC3CC3)ccc(-c3ccc(Cl)cc3Cl)c2n1. The van der Waals surface area contributed by atoms with Crippen LogP contribution >= 0.6 is 23.2 Å². The van der Waals surface area contributed by atoms with E-state index in [-0.39, 0.29) is 0 Å². The van der Waals surface area contributed by atoms with E-state index < -0.39 is 0 Å². The zero-order valence-corrected chi connectivity index (χ0v) is 13.7. The molecule has 0 unspecified atom stereocenters. The first-order valence-electron chi connectivity index (χ1n) is 7.45. The van der Waals surface area contributed by atoms with Gasteiger partial charge in [0.25, 0.3) is 0 Å². The average Bonchev–Trinajstić information content (AvgIpc) is 3.19. The molecule has 1 radical (unpaired) electrons. The van der Waals surface area contributed by atoms with Gasteiger partial charge in [0.1, 0.15) is 5.52 Å². The molecule has 1 saturated carbocycles. The van der Waals surface area contributed by atoms with Gasteiger partial charge < -0.3 is 0 Å². The van der Waals surface area contributed by atoms with Crippen LogP contribution in [-0.2, 0) is 13.5 Å². The summed E-state index contributed by atoms with van der Waals surface area (Å²) in [4.78, 5) is 0. The molecule has 1 fully saturated rings. The largest absolute Gasteiger partial charge is 0.265 e. The number of benzene rings is 2. The van der Waals surface area contributed by atoms with Gasteiger partial charge in [-0.1, -0.05) is 41.4 Å². The minimum absolute atomic E-state index is 0.642. The number of hydrogen-bond donors (Lipinski definition) is 0. The summed E-state index contributed by atoms with van der Waals surface area (Å²) < 4.78 is 1.76. The van der Waals surface area contributed by atoms with Crippen molar-refractivity contribution in [3.63, 3.8) is 0 Å². The Morgan fingerprint density at radius 2 is 1.95 bits per heavy atom. The Bertz CT molecular complexity index is 863. The average molecular weight is 330 g/mol. The monoisotopic (exact) mass is 329 g/mol. The summed E-state index contributed by atoms with van der Waals surface area (Å²) in [5.41, 5.74) is 4.29. The van der Waals surface area contributed by atoms with E-state index in [2.05, 4.69) is 23.4 Å². The van der Waals surface area contributed by atoms with Crippen LogP contribution in [0.4, 0.5) is 0 Å². The van der Waals surface area contributed by atoms with Crippen molar-refractivity contribution >= 4 is 34.1 Å². The molecule has 0 bridgehead atoms. The molecule has 0 N–H and O–H groups in total. The van der Waals surface area contributed by atoms with Crippen LogP contribution < -0.4 is 0 Å². The van der Waals surface area contributed by atoms with E-state index in [4.69, 9.17) is 23.2 Å². The zero-order valence-electron chi connectivity index (χ0n) is 12.2. The fourth-order valence-corrected chi connectivity index (χ4v) is 3.44. The standard InChI is InChI=1S/C18H15Cl2N2/c1-22-10-16-12(8-11-2-3-11)4-6-15(18(16)21-22)14-7-5-13(19)9-17(14)20/h4-7,9,11H,2-3,8H2,1H3. The highest BCUT2D eigenvalue weighted by molar-refractivity contribution is 6.36. The second kappa shape index (κ2) is 5.29. The normalized spacial score (nSPS) is 14.7. The van der Waals surface area contributed by atoms with Gasteiger partial charge in [0.15, 0.2) is 0 Å². The second-order valence-corrected chi connectivity index (χ2v) is 6.85. The topological polar surface area (TPSA) is 17.8 Å². The molecule has 4 rings (SSSR count). The number of fused-ring (bicyclic) bond motifs is 1. The van der Waals surface area contributed by atoms with Crippen LogP contribution in [0.1, 0.15) is 18.4 Å². The molecule has 1 aromatic heterocycles. The third-order valence-electron chi connectivity index (χ3n) is 4.21. The lowest BCUT2D eigenvalue weighted by atomic mass is 9.97. The summed E-state index contributed by atoms with van der Waals surface area (Å²) in [6.45, 7) is 0. The molecule has 3 aromatic rings. The number of rotatable bonds is 3. The van der Waals surface area contributed by atoms with Gasteiger partial charge in [0.05, 0.1) is 6.20 Å². The summed E-state index contributed by atoms with van der Waals surface area (Å²) >= 11 is 12.4. The predicted octanol–water partition coefficient (Wildman–Crippen LogP) is 5.30. The van der Waals surface area contributed by atoms with Gasteiger partial charge in [0, 0.05) is 33.6 Å². The summed E-state index contributed by atoms with van der Waals surface area (Å²) in [6, 6.07) is 9.90. The van der Waals surface area contributed by atoms with Crippen LogP contribution in [0.25, 0.3) is 22.0 Å². The van der Waals surface area contributed by atoms with Gasteiger partial charge in [-0.05, 0) is 42.9 Å². The Morgan fingerprint density at radius 1 is 1.18 bits per heavy atom. The first kappa shape index (κ1) is 14.1. The van der Waals surface area contributed by atoms with Crippen molar-refractivity contribution in [1.29, 1.82) is 0 Å². The van der Waals surface area contributed by atoms with Crippen molar-refractivity contribution in [3.05, 3.63) is 52.1 Å². The van der Waals surface area contributed by atoms with Gasteiger partial charge >= 0.3 is 0 Å². The molecule has 0 saturated heterocycles. The van der Waals surface area contributed by atoms with E-state index in [1.807, 2.05) is 19.2 Å². The summed E-state index contributed by atoms with van der Waals surface area (Å²) in [6.07, 6.45) is 7.14. The van der Waals surface area contributed by atoms with Gasteiger partial charge in [0.2, 0.25) is 0 Å². The number of aromatic nitrogens is 2. The predicted molar refractivity (Wildman–Crippen MR) is 91.4 cm³/mol. The number of hydrogen-bond acceptors (Lipinski definition) is 1. The molecule has 4 heteroatoms. The molecule has 0 aliphatic heterocycles. The number of nitrogens with zero attached hydrogens (tertiary/aromatic N) is 2. The molecule has 111 valence electrons. The smallest absolute Gasteiger partial charge is 0.101 e. The van der Waals surface area contributed by atoms with Crippen molar-refractivity contribution in [3.8, 4) is 11.1 Å². The van der Waals surface area contributed by atoms with Gasteiger partial charge in [-0.3, -0.25) is 4.68 Å². The van der Waals surface area contributed by atoms with Crippen molar-refractivity contribution in [1.82, 2.24) is 9.78 Å². The minimum Gasteiger partial charge on any atom is -0.265 e. The molecule has 1 aliphatic carbocycles. The molecule has 2 nitrogen and oxygen atoms in total. The van der Waals surface area contributed by atoms with E-state index in [0.29, 0.717) is 10.0 Å². The molecular weight excluding hydrogens is 315 g/mol. The highest BCUT2D eigenvalue weighted by Crippen LogP contribution is 2.38. The van der Waals surface area contributed by atoms with E-state index in [0.717, 1.165) is 34.4 Å². The molecule has 0 atom stereocenters. The van der Waals surface area contributed by atoms with Crippen LogP contribution in [-0.4, -0.2) is 9.78 Å². The van der Waals surface area contributed by atoms with Gasteiger partial charge in [-0.15, -0.1) is 0 Å². The maximum Gasteiger partial charge on any atom is 0.101 e. The Morgan fingerprint density at radius 3 is 2.68 bits per heavy atom. The maximum absolute atomic E-state index is 6.38. The van der Waals surface area contributed by atoms with E-state index in [1.165, 1.54) is 18.4 Å². The Hall–Kier alpha value is -1.51. The molecule has 1 heterocycles. The van der Waals surface area contributed by atoms with E-state index in [9.17, 15) is 0 Å². The minimum atomic E-state index is 0.642. The van der Waals surface area contributed by atoms with Crippen molar-refractivity contribution in [2.24, 2.45) is 13.0 Å². The highest BCUT2D eigenvalue weighted by atomic mass is 35.5. The van der Waals surface area contributed by atoms with Crippen LogP contribution in [0.15, 0.2) is 30.3 Å². The van der Waals surface area contributed by atoms with E-state index in [1.54, 1.807) is 10.7 Å². The molecule has 1 aliphatic rings. The Balaban J connectivity index is 1.90. The van der Waals surface area contributed by atoms with Crippen LogP contribution in [0.3, 0.4) is 0 Å². The summed E-state index contributed by atoms with van der Waals surface area (Å²) in [7, 11) is 1.91. The summed E-state index contributed by atoms with van der Waals surface area (Å²) in [5, 5.41) is 7.01. The van der Waals surface area contributed by atoms with E-state index >= 15 is 0 Å². The maximum atomic E-state index is 6.38. The van der Waals surface area contributed by atoms with Crippen LogP contribution in [0, 0.1) is 12.1 Å². The van der Waals surface area contributed by atoms with Crippen molar-refractivity contribution in [2.45, 2.75) is 19.3 Å². The quantitative estimate of drug-likeness (QED) is 0.637. The second-order valence-electron chi connectivity index (χ2n) is 6.00. The lowest BCUT2D eigenvalue weighted by molar-refractivity contribution is 0.773. The van der Waals surface area contributed by atoms with Crippen LogP contribution in [0.2, 0.25) is 10.0 Å². The first-order chi connectivity index (χ1) is 10.6. The fraction of sp³-hybridized carbons (Fsp3) is 0.278. The van der Waals surface area contributed by atoms with Crippen LogP contribution in [0.5, 0.6) is 0 Å².